The van der Waals surface area contributed by atoms with Crippen molar-refractivity contribution in [2.75, 3.05) is 4.72 Å². The highest BCUT2D eigenvalue weighted by Gasteiger charge is 2.28. The maximum atomic E-state index is 15.3. The van der Waals surface area contributed by atoms with Crippen LogP contribution < -0.4 is 4.72 Å². The first-order valence-corrected chi connectivity index (χ1v) is 11.3. The van der Waals surface area contributed by atoms with Crippen molar-refractivity contribution in [3.05, 3.63) is 83.9 Å². The van der Waals surface area contributed by atoms with Crippen LogP contribution in [0.5, 0.6) is 0 Å². The third-order valence-electron chi connectivity index (χ3n) is 5.19. The fraction of sp³-hybridized carbons (Fsp3) is 0. The van der Waals surface area contributed by atoms with E-state index in [9.17, 15) is 21.6 Å². The minimum absolute atomic E-state index is 0.243. The monoisotopic (exact) mass is 505 g/mol. The molecule has 0 saturated carbocycles. The maximum absolute atomic E-state index is 15.3. The molecular weight excluding hydrogens is 493 g/mol. The number of H-pyrrole nitrogens is 2. The van der Waals surface area contributed by atoms with E-state index in [1.54, 1.807) is 4.72 Å². The summed E-state index contributed by atoms with van der Waals surface area (Å²) in [7, 11) is -4.96. The van der Waals surface area contributed by atoms with Gasteiger partial charge in [0.25, 0.3) is 10.0 Å². The van der Waals surface area contributed by atoms with E-state index in [4.69, 9.17) is 0 Å². The molecule has 0 atom stereocenters. The van der Waals surface area contributed by atoms with Crippen LogP contribution in [0.1, 0.15) is 0 Å². The van der Waals surface area contributed by atoms with Gasteiger partial charge in [-0.25, -0.2) is 35.4 Å². The first kappa shape index (κ1) is 22.5. The topological polar surface area (TPSA) is 104 Å². The van der Waals surface area contributed by atoms with E-state index in [0.29, 0.717) is 35.8 Å². The van der Waals surface area contributed by atoms with Crippen LogP contribution >= 0.6 is 0 Å². The second kappa shape index (κ2) is 8.20. The third-order valence-corrected chi connectivity index (χ3v) is 6.61. The minimum Gasteiger partial charge on any atom is -0.343 e. The van der Waals surface area contributed by atoms with E-state index in [2.05, 4.69) is 20.2 Å². The molecule has 0 unspecified atom stereocenters. The molecule has 0 aliphatic rings. The number of sulfonamides is 1. The van der Waals surface area contributed by atoms with Gasteiger partial charge in [-0.2, -0.15) is 5.10 Å². The first-order valence-electron chi connectivity index (χ1n) is 9.80. The van der Waals surface area contributed by atoms with Crippen LogP contribution in [0.4, 0.5) is 27.6 Å². The second-order valence-corrected chi connectivity index (χ2v) is 8.92. The van der Waals surface area contributed by atoms with Crippen LogP contribution in [0.3, 0.4) is 0 Å². The quantitative estimate of drug-likeness (QED) is 0.289. The van der Waals surface area contributed by atoms with Crippen LogP contribution in [0.2, 0.25) is 0 Å². The van der Waals surface area contributed by atoms with Gasteiger partial charge in [-0.1, -0.05) is 12.1 Å². The molecule has 3 aromatic carbocycles. The predicted octanol–water partition coefficient (Wildman–Crippen LogP) is 5.12. The molecule has 0 bridgehead atoms. The van der Waals surface area contributed by atoms with Crippen molar-refractivity contribution in [1.82, 2.24) is 20.2 Å². The van der Waals surface area contributed by atoms with Gasteiger partial charge in [0.15, 0.2) is 22.4 Å². The molecule has 0 amide bonds. The number of benzene rings is 3. The molecule has 2 heterocycles. The maximum Gasteiger partial charge on any atom is 0.267 e. The molecule has 0 spiro atoms. The van der Waals surface area contributed by atoms with Crippen molar-refractivity contribution in [1.29, 1.82) is 0 Å². The van der Waals surface area contributed by atoms with E-state index in [0.717, 1.165) is 12.1 Å². The highest BCUT2D eigenvalue weighted by atomic mass is 32.2. The van der Waals surface area contributed by atoms with Crippen molar-refractivity contribution >= 4 is 26.6 Å². The lowest BCUT2D eigenvalue weighted by atomic mass is 10.0. The summed E-state index contributed by atoms with van der Waals surface area (Å²) in [6, 6.07) is 6.22. The zero-order chi connectivity index (χ0) is 24.9. The van der Waals surface area contributed by atoms with E-state index in [1.165, 1.54) is 18.5 Å². The molecule has 7 nitrogen and oxygen atoms in total. The fourth-order valence-electron chi connectivity index (χ4n) is 3.64. The van der Waals surface area contributed by atoms with E-state index < -0.39 is 60.8 Å². The lowest BCUT2D eigenvalue weighted by Gasteiger charge is -2.14. The van der Waals surface area contributed by atoms with Gasteiger partial charge < -0.3 is 4.98 Å². The number of aromatic amines is 2. The number of rotatable bonds is 5. The molecule has 0 radical (unpaired) electrons. The molecule has 178 valence electrons. The summed E-state index contributed by atoms with van der Waals surface area (Å²) in [4.78, 5) is 5.52. The highest BCUT2D eigenvalue weighted by Crippen LogP contribution is 2.37. The molecule has 5 aromatic rings. The Labute approximate surface area is 193 Å². The number of imidazole rings is 1. The highest BCUT2D eigenvalue weighted by molar-refractivity contribution is 7.92. The summed E-state index contributed by atoms with van der Waals surface area (Å²) in [5, 5.41) is 6.74. The van der Waals surface area contributed by atoms with E-state index in [1.807, 2.05) is 0 Å². The second-order valence-electron chi connectivity index (χ2n) is 7.30. The Morgan fingerprint density at radius 1 is 0.857 bits per heavy atom. The van der Waals surface area contributed by atoms with Gasteiger partial charge in [0.1, 0.15) is 28.7 Å². The Balaban J connectivity index is 1.61. The molecule has 13 heteroatoms. The number of hydrogen-bond acceptors (Lipinski definition) is 4. The van der Waals surface area contributed by atoms with E-state index >= 15 is 8.78 Å². The van der Waals surface area contributed by atoms with Gasteiger partial charge in [0.2, 0.25) is 0 Å². The van der Waals surface area contributed by atoms with Gasteiger partial charge in [0, 0.05) is 23.3 Å². The van der Waals surface area contributed by atoms with E-state index in [-0.39, 0.29) is 10.9 Å². The number of fused-ring (bicyclic) bond motifs is 1. The molecule has 35 heavy (non-hydrogen) atoms. The summed E-state index contributed by atoms with van der Waals surface area (Å²) >= 11 is 0. The summed E-state index contributed by atoms with van der Waals surface area (Å²) in [5.74, 6) is -6.26. The van der Waals surface area contributed by atoms with Crippen molar-refractivity contribution in [3.63, 3.8) is 0 Å². The number of anilines is 1. The molecule has 0 aliphatic carbocycles. The van der Waals surface area contributed by atoms with Gasteiger partial charge in [-0.05, 0) is 30.3 Å². The number of halogens is 5. The Morgan fingerprint density at radius 2 is 1.60 bits per heavy atom. The minimum atomic E-state index is -4.96. The fourth-order valence-corrected chi connectivity index (χ4v) is 4.84. The summed E-state index contributed by atoms with van der Waals surface area (Å²) < 4.78 is 100. The number of nitrogens with one attached hydrogen (secondary N) is 3. The Bertz CT molecular complexity index is 1680. The van der Waals surface area contributed by atoms with Crippen molar-refractivity contribution in [2.24, 2.45) is 0 Å². The largest absolute Gasteiger partial charge is 0.343 e. The Morgan fingerprint density at radius 3 is 2.29 bits per heavy atom. The van der Waals surface area contributed by atoms with Crippen molar-refractivity contribution in [3.8, 4) is 22.6 Å². The van der Waals surface area contributed by atoms with Gasteiger partial charge >= 0.3 is 0 Å². The Hall–Kier alpha value is -4.26. The predicted molar refractivity (Wildman–Crippen MR) is 116 cm³/mol. The average molecular weight is 505 g/mol. The van der Waals surface area contributed by atoms with Crippen molar-refractivity contribution in [2.45, 2.75) is 4.90 Å². The zero-order valence-electron chi connectivity index (χ0n) is 17.2. The first-order chi connectivity index (χ1) is 16.7. The standard InChI is InChI=1S/C22H12F5N5O2S/c23-12-6-7-15(32-35(33,34)21-13(24)2-1-3-14(21)25)18(27)16(12)10-4-5-11-19(17(10)26)30-31-20(11)22-28-8-9-29-22/h1-9,32H,(H,28,29)(H,30,31). The zero-order valence-corrected chi connectivity index (χ0v) is 18.0. The molecule has 0 saturated heterocycles. The average Bonchev–Trinajstić information content (AvgIpc) is 3.47. The molecule has 2 aromatic heterocycles. The number of aromatic nitrogens is 4. The third kappa shape index (κ3) is 3.69. The van der Waals surface area contributed by atoms with Crippen LogP contribution in [-0.4, -0.2) is 28.6 Å². The Kier molecular flexibility index (Phi) is 5.28. The molecule has 0 aliphatic heterocycles. The molecular formula is C22H12F5N5O2S. The molecule has 0 fully saturated rings. The SMILES string of the molecule is O=S(=O)(Nc1ccc(F)c(-c2ccc3c(-c4ncc[nH]4)[nH]nc3c2F)c1F)c1c(F)cccc1F. The normalized spacial score (nSPS) is 11.8. The van der Waals surface area contributed by atoms with Gasteiger partial charge in [0.05, 0.1) is 11.3 Å². The lowest BCUT2D eigenvalue weighted by Crippen LogP contribution is -2.17. The number of hydrogen-bond donors (Lipinski definition) is 3. The van der Waals surface area contributed by atoms with Crippen LogP contribution in [0.15, 0.2) is 59.8 Å². The summed E-state index contributed by atoms with van der Waals surface area (Å²) in [5.41, 5.74) is -2.21. The van der Waals surface area contributed by atoms with Crippen LogP contribution in [0.25, 0.3) is 33.5 Å². The molecule has 3 N–H and O–H groups in total. The van der Waals surface area contributed by atoms with Gasteiger partial charge in [-0.3, -0.25) is 9.82 Å². The van der Waals surface area contributed by atoms with Crippen molar-refractivity contribution < 1.29 is 30.4 Å². The van der Waals surface area contributed by atoms with Crippen LogP contribution in [-0.2, 0) is 10.0 Å². The summed E-state index contributed by atoms with van der Waals surface area (Å²) in [6.45, 7) is 0. The van der Waals surface area contributed by atoms with Crippen LogP contribution in [0, 0.1) is 29.1 Å². The van der Waals surface area contributed by atoms with Gasteiger partial charge in [-0.15, -0.1) is 0 Å². The smallest absolute Gasteiger partial charge is 0.267 e. The molecule has 5 rings (SSSR count). The summed E-state index contributed by atoms with van der Waals surface area (Å²) in [6.07, 6.45) is 3.01. The number of nitrogens with zero attached hydrogens (tertiary/aromatic N) is 2. The lowest BCUT2D eigenvalue weighted by molar-refractivity contribution is 0.520.